The van der Waals surface area contributed by atoms with Crippen molar-refractivity contribution >= 4 is 44.2 Å². The van der Waals surface area contributed by atoms with Gasteiger partial charge in [0.05, 0.1) is 0 Å². The summed E-state index contributed by atoms with van der Waals surface area (Å²) in [6, 6.07) is 25.6. The second-order valence-electron chi connectivity index (χ2n) is 11.1. The van der Waals surface area contributed by atoms with Crippen LogP contribution in [0, 0.1) is 0 Å². The molecule has 4 saturated heterocycles. The number of hydrogen-bond acceptors (Lipinski definition) is 9. The highest BCUT2D eigenvalue weighted by Gasteiger charge is 2.58. The zero-order valence-electron chi connectivity index (χ0n) is 21.9. The molecule has 0 aromatic heterocycles. The van der Waals surface area contributed by atoms with Gasteiger partial charge in [-0.3, -0.25) is 0 Å². The molecule has 4 fully saturated rings. The summed E-state index contributed by atoms with van der Waals surface area (Å²) in [4.78, 5) is 0. The predicted molar refractivity (Wildman–Crippen MR) is 162 cm³/mol. The zero-order chi connectivity index (χ0) is 26.1. The van der Waals surface area contributed by atoms with E-state index in [1.165, 1.54) is 10.8 Å². The Balaban J connectivity index is 1.33. The lowest BCUT2D eigenvalue weighted by molar-refractivity contribution is 0.485. The summed E-state index contributed by atoms with van der Waals surface area (Å²) < 4.78 is 41.3. The summed E-state index contributed by atoms with van der Waals surface area (Å²) in [6.07, 6.45) is 0. The van der Waals surface area contributed by atoms with E-state index in [-0.39, 0.29) is 0 Å². The minimum absolute atomic E-state index is 0.806. The van der Waals surface area contributed by atoms with E-state index in [0.717, 1.165) is 85.8 Å². The van der Waals surface area contributed by atoms with Crippen LogP contribution in [0.25, 0.3) is 32.7 Å². The second kappa shape index (κ2) is 7.87. The lowest BCUT2D eigenvalue weighted by Crippen LogP contribution is -2.13. The quantitative estimate of drug-likeness (QED) is 0.182. The third-order valence-electron chi connectivity index (χ3n) is 8.38. The van der Waals surface area contributed by atoms with Crippen LogP contribution in [0.1, 0.15) is 0 Å². The largest absolute Gasteiger partial charge is 0.454 e. The van der Waals surface area contributed by atoms with Gasteiger partial charge in [-0.25, -0.2) is 18.7 Å². The Morgan fingerprint density at radius 2 is 0.900 bits per heavy atom. The van der Waals surface area contributed by atoms with Crippen LogP contribution in [-0.2, 0) is 0 Å². The third kappa shape index (κ3) is 3.29. The molecule has 0 bridgehead atoms. The van der Waals surface area contributed by atoms with Crippen LogP contribution in [0.15, 0.2) is 86.3 Å². The van der Waals surface area contributed by atoms with Crippen molar-refractivity contribution in [1.82, 2.24) is 18.7 Å². The summed E-state index contributed by atoms with van der Waals surface area (Å²) in [6.45, 7) is 8.22. The molecule has 4 aromatic rings. The first-order valence-electron chi connectivity index (χ1n) is 14.0. The van der Waals surface area contributed by atoms with Gasteiger partial charge in [0.2, 0.25) is 15.0 Å². The molecule has 9 nitrogen and oxygen atoms in total. The molecule has 0 N–H and O–H groups in total. The Bertz CT molecular complexity index is 1810. The van der Waals surface area contributed by atoms with Crippen molar-refractivity contribution in [2.45, 2.75) is 0 Å². The minimum Gasteiger partial charge on any atom is -0.413 e. The average Bonchev–Trinajstić information content (AvgIpc) is 3.81. The van der Waals surface area contributed by atoms with E-state index in [1.807, 2.05) is 0 Å². The number of nitrogens with zero attached hydrogens (tertiary/aromatic N) is 7. The molecule has 0 atom stereocenters. The van der Waals surface area contributed by atoms with E-state index in [4.69, 9.17) is 22.6 Å². The van der Waals surface area contributed by atoms with E-state index in [9.17, 15) is 0 Å². The molecule has 10 rings (SSSR count). The van der Waals surface area contributed by atoms with Gasteiger partial charge in [-0.1, -0.05) is 60.7 Å². The fraction of sp³-hybridized carbons (Fsp3) is 0.286. The highest BCUT2D eigenvalue weighted by Crippen LogP contribution is 2.85. The summed E-state index contributed by atoms with van der Waals surface area (Å²) in [5.41, 5.74) is 2.14. The van der Waals surface area contributed by atoms with Crippen molar-refractivity contribution < 1.29 is 9.05 Å². The SMILES string of the molecule is c1ccc2c3c(ccc2c1)OP1(=NP(N2CC2)(N2CC2)=NP(N2CC2)(N2CC2)=N1)Oc1ccc2ccccc2c1-3. The highest BCUT2D eigenvalue weighted by atomic mass is 31.3. The Hall–Kier alpha value is -2.47. The van der Waals surface area contributed by atoms with Crippen LogP contribution in [-0.4, -0.2) is 71.0 Å². The van der Waals surface area contributed by atoms with Crippen molar-refractivity contribution in [2.24, 2.45) is 13.5 Å². The number of benzene rings is 4. The van der Waals surface area contributed by atoms with Crippen molar-refractivity contribution in [2.75, 3.05) is 52.4 Å². The molecule has 0 amide bonds. The van der Waals surface area contributed by atoms with Crippen LogP contribution in [0.3, 0.4) is 0 Å². The highest BCUT2D eigenvalue weighted by molar-refractivity contribution is 7.82. The van der Waals surface area contributed by atoms with E-state index < -0.39 is 22.7 Å². The van der Waals surface area contributed by atoms with Gasteiger partial charge in [0.25, 0.3) is 0 Å². The lowest BCUT2D eigenvalue weighted by Gasteiger charge is -2.36. The normalized spacial score (nSPS) is 25.4. The molecule has 6 heterocycles. The zero-order valence-corrected chi connectivity index (χ0v) is 24.6. The first kappa shape index (κ1) is 23.1. The Morgan fingerprint density at radius 3 is 1.35 bits per heavy atom. The van der Waals surface area contributed by atoms with Gasteiger partial charge in [-0.05, 0) is 33.7 Å². The summed E-state index contributed by atoms with van der Waals surface area (Å²) in [5, 5.41) is 4.66. The minimum atomic E-state index is -3.16. The Labute approximate surface area is 233 Å². The van der Waals surface area contributed by atoms with Crippen LogP contribution >= 0.6 is 22.7 Å². The lowest BCUT2D eigenvalue weighted by atomic mass is 9.92. The monoisotopic (exact) mass is 587 g/mol. The first-order chi connectivity index (χ1) is 19.7. The molecule has 1 spiro atoms. The number of rotatable bonds is 4. The Kier molecular flexibility index (Phi) is 4.55. The first-order valence-corrected chi connectivity index (χ1v) is 18.8. The van der Waals surface area contributed by atoms with Crippen molar-refractivity contribution in [1.29, 1.82) is 0 Å². The van der Waals surface area contributed by atoms with Crippen LogP contribution in [0.2, 0.25) is 0 Å². The molecule has 0 saturated carbocycles. The summed E-state index contributed by atoms with van der Waals surface area (Å²) in [7, 11) is -7.85. The second-order valence-corrected chi connectivity index (χ2v) is 19.1. The maximum absolute atomic E-state index is 7.19. The molecule has 40 heavy (non-hydrogen) atoms. The van der Waals surface area contributed by atoms with Gasteiger partial charge < -0.3 is 9.05 Å². The Morgan fingerprint density at radius 1 is 0.475 bits per heavy atom. The number of fused-ring (bicyclic) bond motifs is 7. The molecule has 202 valence electrons. The van der Waals surface area contributed by atoms with Gasteiger partial charge in [-0.15, -0.1) is 9.03 Å². The maximum Gasteiger partial charge on any atom is 0.454 e. The van der Waals surface area contributed by atoms with E-state index in [2.05, 4.69) is 91.5 Å². The summed E-state index contributed by atoms with van der Waals surface area (Å²) in [5.74, 6) is 1.61. The van der Waals surface area contributed by atoms with Gasteiger partial charge in [-0.2, -0.15) is 4.52 Å². The van der Waals surface area contributed by atoms with Crippen molar-refractivity contribution in [3.63, 3.8) is 0 Å². The van der Waals surface area contributed by atoms with Gasteiger partial charge >= 0.3 is 7.66 Å². The van der Waals surface area contributed by atoms with E-state index in [1.54, 1.807) is 0 Å². The predicted octanol–water partition coefficient (Wildman–Crippen LogP) is 7.55. The van der Waals surface area contributed by atoms with E-state index >= 15 is 0 Å². The van der Waals surface area contributed by atoms with E-state index in [0.29, 0.717) is 0 Å². The van der Waals surface area contributed by atoms with Gasteiger partial charge in [0.1, 0.15) is 11.5 Å². The molecule has 0 aliphatic carbocycles. The standard InChI is InChI=1S/C28H28N7O2P3/c1-3-7-23-21(5-1)9-11-25-27(23)28-24-8-4-2-6-22(24)10-12-26(28)37-40(36-25)30-38(32-13-14-32,33-15-16-33)29-39(31-40,34-17-18-34)35-19-20-35/h1-12H,13-20H2. The molecule has 6 aliphatic rings. The van der Waals surface area contributed by atoms with Crippen molar-refractivity contribution in [3.05, 3.63) is 72.8 Å². The van der Waals surface area contributed by atoms with Gasteiger partial charge in [0, 0.05) is 63.5 Å². The van der Waals surface area contributed by atoms with Crippen molar-refractivity contribution in [3.8, 4) is 22.6 Å². The molecular formula is C28H28N7O2P3. The smallest absolute Gasteiger partial charge is 0.413 e. The van der Waals surface area contributed by atoms with Crippen LogP contribution < -0.4 is 9.05 Å². The molecule has 4 aromatic carbocycles. The third-order valence-corrected chi connectivity index (χ3v) is 19.5. The summed E-state index contributed by atoms with van der Waals surface area (Å²) >= 11 is 0. The molecular weight excluding hydrogens is 559 g/mol. The molecule has 6 aliphatic heterocycles. The van der Waals surface area contributed by atoms with Gasteiger partial charge in [0.15, 0.2) is 0 Å². The topological polar surface area (TPSA) is 67.6 Å². The molecule has 0 unspecified atom stereocenters. The fourth-order valence-electron chi connectivity index (χ4n) is 6.10. The maximum atomic E-state index is 7.19. The average molecular weight is 588 g/mol. The van der Waals surface area contributed by atoms with Crippen LogP contribution in [0.5, 0.6) is 11.5 Å². The number of hydrogen-bond donors (Lipinski definition) is 0. The fourth-order valence-corrected chi connectivity index (χ4v) is 19.5. The molecule has 0 radical (unpaired) electrons. The van der Waals surface area contributed by atoms with Crippen LogP contribution in [0.4, 0.5) is 0 Å². The molecule has 12 heteroatoms.